The average Bonchev–Trinajstić information content (AvgIpc) is 3.43. The molecule has 2 saturated heterocycles. The van der Waals surface area contributed by atoms with Crippen molar-refractivity contribution < 1.29 is 34.4 Å². The van der Waals surface area contributed by atoms with Gasteiger partial charge in [-0.25, -0.2) is 0 Å². The Morgan fingerprint density at radius 2 is 1.67 bits per heavy atom. The molecular weight excluding hydrogens is 536 g/mol. The summed E-state index contributed by atoms with van der Waals surface area (Å²) in [7, 11) is 0. The summed E-state index contributed by atoms with van der Waals surface area (Å²) in [5, 5.41) is 31.0. The first-order valence-corrected chi connectivity index (χ1v) is 14.4. The van der Waals surface area contributed by atoms with Crippen LogP contribution < -0.4 is 5.32 Å². The molecule has 2 fully saturated rings. The predicted octanol–water partition coefficient (Wildman–Crippen LogP) is 3.94. The van der Waals surface area contributed by atoms with Gasteiger partial charge in [0.15, 0.2) is 6.29 Å². The van der Waals surface area contributed by atoms with E-state index in [0.717, 1.165) is 52.9 Å². The zero-order chi connectivity index (χ0) is 29.5. The standard InChI is InChI=1S/C33H38N2O7/c36-21-22-4-6-25(7-5-22)30-17-29(20-35-15-14-28(37)19-35)41-33(42-30)26-10-8-24(9-11-26)27-3-1-2-23(16-27)18-34-31(38)12-13-32(39)40/h1-11,16,28-30,33,36-37H,12-15,17-21H2,(H,34,38)(H,39,40)/t28-,29-,30+,33+/m0/s1. The molecule has 2 heterocycles. The van der Waals surface area contributed by atoms with Crippen molar-refractivity contribution in [3.05, 3.63) is 95.1 Å². The first-order chi connectivity index (χ1) is 20.4. The lowest BCUT2D eigenvalue weighted by Crippen LogP contribution is -2.38. The Balaban J connectivity index is 1.28. The van der Waals surface area contributed by atoms with Crippen molar-refractivity contribution in [3.63, 3.8) is 0 Å². The Labute approximate surface area is 245 Å². The number of carbonyl (C=O) groups excluding carboxylic acids is 1. The SMILES string of the molecule is O=C(O)CCC(=O)NCc1cccc(-c2ccc([C@@H]3O[C@H](CN4CC[C@H](O)C4)C[C@H](c4ccc(CO)cc4)O3)cc2)c1. The van der Waals surface area contributed by atoms with E-state index in [1.54, 1.807) is 0 Å². The van der Waals surface area contributed by atoms with Gasteiger partial charge in [-0.05, 0) is 40.3 Å². The molecule has 0 saturated carbocycles. The van der Waals surface area contributed by atoms with Gasteiger partial charge in [0.2, 0.25) is 5.91 Å². The number of likely N-dealkylation sites (tertiary alicyclic amines) is 1. The van der Waals surface area contributed by atoms with Gasteiger partial charge in [0.05, 0.1) is 31.3 Å². The number of ether oxygens (including phenoxy) is 2. The molecule has 2 aliphatic rings. The number of aliphatic carboxylic acids is 1. The second-order valence-corrected chi connectivity index (χ2v) is 11.0. The van der Waals surface area contributed by atoms with E-state index < -0.39 is 12.3 Å². The van der Waals surface area contributed by atoms with Crippen molar-refractivity contribution in [1.82, 2.24) is 10.2 Å². The maximum absolute atomic E-state index is 11.9. The summed E-state index contributed by atoms with van der Waals surface area (Å²) in [6.07, 6.45) is 0.150. The highest BCUT2D eigenvalue weighted by molar-refractivity contribution is 5.80. The summed E-state index contributed by atoms with van der Waals surface area (Å²) >= 11 is 0. The molecule has 5 rings (SSSR count). The number of β-amino-alcohol motifs (C(OH)–C–C–N with tert-alkyl or cyclic N) is 1. The average molecular weight is 575 g/mol. The molecule has 9 heteroatoms. The van der Waals surface area contributed by atoms with Gasteiger partial charge in [0.1, 0.15) is 0 Å². The first-order valence-electron chi connectivity index (χ1n) is 14.4. The fourth-order valence-corrected chi connectivity index (χ4v) is 5.50. The van der Waals surface area contributed by atoms with Crippen LogP contribution in [-0.2, 0) is 32.2 Å². The van der Waals surface area contributed by atoms with Crippen LogP contribution in [0.15, 0.2) is 72.8 Å². The number of aliphatic hydroxyl groups excluding tert-OH is 2. The molecule has 2 aliphatic heterocycles. The number of carbonyl (C=O) groups is 2. The van der Waals surface area contributed by atoms with Gasteiger partial charge < -0.3 is 30.1 Å². The predicted molar refractivity (Wildman–Crippen MR) is 156 cm³/mol. The van der Waals surface area contributed by atoms with Crippen molar-refractivity contribution in [2.75, 3.05) is 19.6 Å². The number of nitrogens with zero attached hydrogens (tertiary/aromatic N) is 1. The van der Waals surface area contributed by atoms with Crippen molar-refractivity contribution in [3.8, 4) is 11.1 Å². The fourth-order valence-electron chi connectivity index (χ4n) is 5.50. The monoisotopic (exact) mass is 574 g/mol. The van der Waals surface area contributed by atoms with E-state index in [0.29, 0.717) is 19.5 Å². The van der Waals surface area contributed by atoms with Crippen molar-refractivity contribution in [2.24, 2.45) is 0 Å². The second kappa shape index (κ2) is 14.0. The minimum Gasteiger partial charge on any atom is -0.481 e. The Morgan fingerprint density at radius 3 is 2.36 bits per heavy atom. The van der Waals surface area contributed by atoms with E-state index in [4.69, 9.17) is 14.6 Å². The molecular formula is C33H38N2O7. The Bertz CT molecular complexity index is 1350. The molecule has 0 unspecified atom stereocenters. The maximum atomic E-state index is 11.9. The van der Waals surface area contributed by atoms with E-state index in [1.807, 2.05) is 72.8 Å². The minimum atomic E-state index is -0.992. The molecule has 3 aromatic rings. The zero-order valence-corrected chi connectivity index (χ0v) is 23.5. The van der Waals surface area contributed by atoms with Crippen molar-refractivity contribution in [2.45, 2.75) is 63.4 Å². The summed E-state index contributed by atoms with van der Waals surface area (Å²) < 4.78 is 12.9. The molecule has 0 spiro atoms. The smallest absolute Gasteiger partial charge is 0.303 e. The quantitative estimate of drug-likeness (QED) is 0.271. The molecule has 222 valence electrons. The van der Waals surface area contributed by atoms with Crippen LogP contribution in [0.1, 0.15) is 60.3 Å². The molecule has 9 nitrogen and oxygen atoms in total. The van der Waals surface area contributed by atoms with Crippen LogP contribution in [0.2, 0.25) is 0 Å². The van der Waals surface area contributed by atoms with Crippen LogP contribution in [0.5, 0.6) is 0 Å². The van der Waals surface area contributed by atoms with E-state index in [1.165, 1.54) is 0 Å². The van der Waals surface area contributed by atoms with Gasteiger partial charge in [-0.2, -0.15) is 0 Å². The lowest BCUT2D eigenvalue weighted by Gasteiger charge is -2.37. The number of rotatable bonds is 11. The molecule has 4 N–H and O–H groups in total. The number of hydrogen-bond donors (Lipinski definition) is 4. The second-order valence-electron chi connectivity index (χ2n) is 11.0. The fraction of sp³-hybridized carbons (Fsp3) is 0.394. The lowest BCUT2D eigenvalue weighted by molar-refractivity contribution is -0.252. The third-order valence-electron chi connectivity index (χ3n) is 7.82. The third kappa shape index (κ3) is 8.02. The number of carboxylic acid groups (broad SMARTS) is 1. The summed E-state index contributed by atoms with van der Waals surface area (Å²) in [5.74, 6) is -1.28. The highest BCUT2D eigenvalue weighted by Gasteiger charge is 2.34. The number of benzene rings is 3. The van der Waals surface area contributed by atoms with Crippen LogP contribution >= 0.6 is 0 Å². The van der Waals surface area contributed by atoms with Crippen molar-refractivity contribution in [1.29, 1.82) is 0 Å². The van der Waals surface area contributed by atoms with Gasteiger partial charge in [0, 0.05) is 44.6 Å². The van der Waals surface area contributed by atoms with Crippen LogP contribution in [-0.4, -0.2) is 63.9 Å². The highest BCUT2D eigenvalue weighted by Crippen LogP contribution is 2.39. The molecule has 4 atom stereocenters. The number of amides is 1. The molecule has 0 aliphatic carbocycles. The van der Waals surface area contributed by atoms with Gasteiger partial charge in [-0.3, -0.25) is 14.5 Å². The molecule has 0 aromatic heterocycles. The van der Waals surface area contributed by atoms with Crippen LogP contribution in [0, 0.1) is 0 Å². The van der Waals surface area contributed by atoms with E-state index >= 15 is 0 Å². The topological polar surface area (TPSA) is 129 Å². The molecule has 1 amide bonds. The van der Waals surface area contributed by atoms with Crippen molar-refractivity contribution >= 4 is 11.9 Å². The normalized spacial score (nSPS) is 22.6. The zero-order valence-electron chi connectivity index (χ0n) is 23.5. The Hall–Kier alpha value is -3.60. The number of nitrogens with one attached hydrogen (secondary N) is 1. The van der Waals surface area contributed by atoms with Crippen LogP contribution in [0.4, 0.5) is 0 Å². The first kappa shape index (κ1) is 29.9. The van der Waals surface area contributed by atoms with Gasteiger partial charge in [-0.15, -0.1) is 0 Å². The summed E-state index contributed by atoms with van der Waals surface area (Å²) in [4.78, 5) is 24.9. The summed E-state index contributed by atoms with van der Waals surface area (Å²) in [6.45, 7) is 2.54. The van der Waals surface area contributed by atoms with E-state index in [9.17, 15) is 19.8 Å². The molecule has 42 heavy (non-hydrogen) atoms. The van der Waals surface area contributed by atoms with Gasteiger partial charge in [0.25, 0.3) is 0 Å². The summed E-state index contributed by atoms with van der Waals surface area (Å²) in [6, 6.07) is 23.8. The summed E-state index contributed by atoms with van der Waals surface area (Å²) in [5.41, 5.74) is 5.72. The molecule has 0 radical (unpaired) electrons. The number of aliphatic hydroxyl groups is 2. The number of hydrogen-bond acceptors (Lipinski definition) is 7. The Kier molecular flexibility index (Phi) is 9.99. The lowest BCUT2D eigenvalue weighted by atomic mass is 9.99. The third-order valence-corrected chi connectivity index (χ3v) is 7.82. The van der Waals surface area contributed by atoms with E-state index in [2.05, 4.69) is 10.2 Å². The Morgan fingerprint density at radius 1 is 0.905 bits per heavy atom. The highest BCUT2D eigenvalue weighted by atomic mass is 16.7. The van der Waals surface area contributed by atoms with Gasteiger partial charge >= 0.3 is 5.97 Å². The van der Waals surface area contributed by atoms with Crippen LogP contribution in [0.25, 0.3) is 11.1 Å². The minimum absolute atomic E-state index is 0.00582. The molecule has 0 bridgehead atoms. The van der Waals surface area contributed by atoms with Gasteiger partial charge in [-0.1, -0.05) is 66.7 Å². The van der Waals surface area contributed by atoms with Crippen LogP contribution in [0.3, 0.4) is 0 Å². The van der Waals surface area contributed by atoms with E-state index in [-0.39, 0.29) is 43.7 Å². The largest absolute Gasteiger partial charge is 0.481 e. The molecule has 3 aromatic carbocycles. The number of carboxylic acids is 1. The maximum Gasteiger partial charge on any atom is 0.303 e.